The second-order valence-electron chi connectivity index (χ2n) is 6.14. The molecule has 0 saturated carbocycles. The molecule has 1 aromatic rings. The molecule has 1 aliphatic heterocycles. The molecular weight excluding hydrogens is 330 g/mol. The smallest absolute Gasteiger partial charge is 0.265 e. The number of amides is 1. The molecule has 1 saturated heterocycles. The highest BCUT2D eigenvalue weighted by molar-refractivity contribution is 9.10. The van der Waals surface area contributed by atoms with Gasteiger partial charge in [0.15, 0.2) is 0 Å². The molecule has 5 heteroatoms. The molecule has 1 aromatic carbocycles. The van der Waals surface area contributed by atoms with E-state index in [4.69, 9.17) is 5.84 Å². The van der Waals surface area contributed by atoms with Gasteiger partial charge in [-0.1, -0.05) is 35.8 Å². The Kier molecular flexibility index (Phi) is 5.79. The van der Waals surface area contributed by atoms with Gasteiger partial charge in [-0.3, -0.25) is 15.1 Å². The summed E-state index contributed by atoms with van der Waals surface area (Å²) in [6, 6.07) is 5.66. The van der Waals surface area contributed by atoms with Crippen LogP contribution in [0.4, 0.5) is 0 Å². The van der Waals surface area contributed by atoms with Crippen molar-refractivity contribution in [3.63, 3.8) is 0 Å². The van der Waals surface area contributed by atoms with Gasteiger partial charge < -0.3 is 0 Å². The molecule has 0 aromatic heterocycles. The highest BCUT2D eigenvalue weighted by Crippen LogP contribution is 2.27. The van der Waals surface area contributed by atoms with Crippen LogP contribution in [0, 0.1) is 11.8 Å². The van der Waals surface area contributed by atoms with Gasteiger partial charge >= 0.3 is 0 Å². The minimum atomic E-state index is -0.264. The first-order valence-corrected chi connectivity index (χ1v) is 8.32. The van der Waals surface area contributed by atoms with Gasteiger partial charge in [0, 0.05) is 16.6 Å². The third-order valence-electron chi connectivity index (χ3n) is 4.42. The Morgan fingerprint density at radius 2 is 2.10 bits per heavy atom. The molecule has 3 N–H and O–H groups in total. The SMILES string of the molecule is CC(C)C1CCN(Cc2ccc(C(=O)NN)cc2Br)CC1. The average Bonchev–Trinajstić information content (AvgIpc) is 2.49. The Hall–Kier alpha value is -0.910. The van der Waals surface area contributed by atoms with E-state index in [1.54, 1.807) is 0 Å². The number of nitrogens with two attached hydrogens (primary N) is 1. The van der Waals surface area contributed by atoms with Gasteiger partial charge in [0.05, 0.1) is 0 Å². The minimum Gasteiger partial charge on any atom is -0.299 e. The van der Waals surface area contributed by atoms with Crippen molar-refractivity contribution in [1.29, 1.82) is 0 Å². The predicted octanol–water partition coefficient (Wildman–Crippen LogP) is 2.92. The standard InChI is InChI=1S/C16H24BrN3O/c1-11(2)12-5-7-20(8-6-12)10-14-4-3-13(9-15(14)17)16(21)19-18/h3-4,9,11-12H,5-8,10,18H2,1-2H3,(H,19,21). The van der Waals surface area contributed by atoms with E-state index in [1.165, 1.54) is 18.4 Å². The molecule has 1 heterocycles. The highest BCUT2D eigenvalue weighted by atomic mass is 79.9. The fourth-order valence-corrected chi connectivity index (χ4v) is 3.42. The summed E-state index contributed by atoms with van der Waals surface area (Å²) in [7, 11) is 0. The van der Waals surface area contributed by atoms with Crippen LogP contribution in [0.5, 0.6) is 0 Å². The van der Waals surface area contributed by atoms with Crippen molar-refractivity contribution in [3.8, 4) is 0 Å². The summed E-state index contributed by atoms with van der Waals surface area (Å²) < 4.78 is 0.967. The zero-order valence-corrected chi connectivity index (χ0v) is 14.3. The number of likely N-dealkylation sites (tertiary alicyclic amines) is 1. The van der Waals surface area contributed by atoms with Gasteiger partial charge in [0.1, 0.15) is 0 Å². The fourth-order valence-electron chi connectivity index (χ4n) is 2.92. The number of carbonyl (C=O) groups is 1. The molecule has 0 radical (unpaired) electrons. The summed E-state index contributed by atoms with van der Waals surface area (Å²) in [6.45, 7) is 7.87. The second-order valence-corrected chi connectivity index (χ2v) is 6.99. The van der Waals surface area contributed by atoms with Crippen molar-refractivity contribution in [2.75, 3.05) is 13.1 Å². The van der Waals surface area contributed by atoms with E-state index in [0.29, 0.717) is 5.56 Å². The van der Waals surface area contributed by atoms with Crippen LogP contribution >= 0.6 is 15.9 Å². The molecule has 0 unspecified atom stereocenters. The largest absolute Gasteiger partial charge is 0.299 e. The van der Waals surface area contributed by atoms with Crippen molar-refractivity contribution in [2.45, 2.75) is 33.2 Å². The Morgan fingerprint density at radius 3 is 2.62 bits per heavy atom. The first-order valence-electron chi connectivity index (χ1n) is 7.53. The van der Waals surface area contributed by atoms with Gasteiger partial charge in [0.2, 0.25) is 0 Å². The number of nitrogens with one attached hydrogen (secondary N) is 1. The first-order chi connectivity index (χ1) is 10.0. The van der Waals surface area contributed by atoms with Crippen molar-refractivity contribution >= 4 is 21.8 Å². The maximum absolute atomic E-state index is 11.5. The number of nitrogens with zero attached hydrogens (tertiary/aromatic N) is 1. The summed E-state index contributed by atoms with van der Waals surface area (Å²) >= 11 is 3.56. The lowest BCUT2D eigenvalue weighted by Gasteiger charge is -2.34. The van der Waals surface area contributed by atoms with E-state index < -0.39 is 0 Å². The number of rotatable bonds is 4. The molecule has 0 aliphatic carbocycles. The molecule has 0 bridgehead atoms. The lowest BCUT2D eigenvalue weighted by Crippen LogP contribution is -2.34. The van der Waals surface area contributed by atoms with Crippen molar-refractivity contribution in [1.82, 2.24) is 10.3 Å². The lowest BCUT2D eigenvalue weighted by molar-refractivity contribution is 0.0953. The van der Waals surface area contributed by atoms with Crippen LogP contribution in [0.3, 0.4) is 0 Å². The van der Waals surface area contributed by atoms with Gasteiger partial charge in [-0.25, -0.2) is 5.84 Å². The topological polar surface area (TPSA) is 58.4 Å². The van der Waals surface area contributed by atoms with Crippen molar-refractivity contribution in [2.24, 2.45) is 17.7 Å². The highest BCUT2D eigenvalue weighted by Gasteiger charge is 2.22. The number of hydrogen-bond acceptors (Lipinski definition) is 3. The quantitative estimate of drug-likeness (QED) is 0.497. The Bertz CT molecular complexity index is 496. The average molecular weight is 354 g/mol. The molecule has 1 amide bonds. The van der Waals surface area contributed by atoms with Gasteiger partial charge in [0.25, 0.3) is 5.91 Å². The van der Waals surface area contributed by atoms with Crippen LogP contribution < -0.4 is 11.3 Å². The van der Waals surface area contributed by atoms with Crippen molar-refractivity contribution in [3.05, 3.63) is 33.8 Å². The van der Waals surface area contributed by atoms with E-state index in [0.717, 1.165) is 35.9 Å². The molecule has 4 nitrogen and oxygen atoms in total. The number of halogens is 1. The number of hydrogen-bond donors (Lipinski definition) is 2. The monoisotopic (exact) mass is 353 g/mol. The summed E-state index contributed by atoms with van der Waals surface area (Å²) in [5.74, 6) is 6.54. The summed E-state index contributed by atoms with van der Waals surface area (Å²) in [5, 5.41) is 0. The van der Waals surface area contributed by atoms with Crippen LogP contribution in [-0.2, 0) is 6.54 Å². The molecule has 1 aliphatic rings. The summed E-state index contributed by atoms with van der Waals surface area (Å²) in [4.78, 5) is 14.0. The van der Waals surface area contributed by atoms with E-state index in [-0.39, 0.29) is 5.91 Å². The lowest BCUT2D eigenvalue weighted by atomic mass is 9.86. The van der Waals surface area contributed by atoms with E-state index in [9.17, 15) is 4.79 Å². The zero-order valence-electron chi connectivity index (χ0n) is 12.7. The Labute approximate surface area is 135 Å². The van der Waals surface area contributed by atoms with Gasteiger partial charge in [-0.2, -0.15) is 0 Å². The van der Waals surface area contributed by atoms with E-state index in [2.05, 4.69) is 40.1 Å². The summed E-state index contributed by atoms with van der Waals surface area (Å²) in [5.41, 5.74) is 3.94. The van der Waals surface area contributed by atoms with Crippen LogP contribution in [0.15, 0.2) is 22.7 Å². The third kappa shape index (κ3) is 4.28. The first kappa shape index (κ1) is 16.5. The Balaban J connectivity index is 1.96. The van der Waals surface area contributed by atoms with Gasteiger partial charge in [-0.15, -0.1) is 0 Å². The molecule has 2 rings (SSSR count). The molecule has 0 atom stereocenters. The number of nitrogen functional groups attached to an aromatic ring is 1. The Morgan fingerprint density at radius 1 is 1.43 bits per heavy atom. The predicted molar refractivity (Wildman–Crippen MR) is 88.6 cm³/mol. The van der Waals surface area contributed by atoms with Crippen LogP contribution in [-0.4, -0.2) is 23.9 Å². The van der Waals surface area contributed by atoms with Crippen molar-refractivity contribution < 1.29 is 4.79 Å². The van der Waals surface area contributed by atoms with Crippen LogP contribution in [0.2, 0.25) is 0 Å². The number of piperidine rings is 1. The zero-order chi connectivity index (χ0) is 15.4. The fraction of sp³-hybridized carbons (Fsp3) is 0.562. The van der Waals surface area contributed by atoms with Crippen LogP contribution in [0.1, 0.15) is 42.6 Å². The second kappa shape index (κ2) is 7.38. The van der Waals surface area contributed by atoms with Crippen LogP contribution in [0.25, 0.3) is 0 Å². The summed E-state index contributed by atoms with van der Waals surface area (Å²) in [6.07, 6.45) is 2.56. The molecule has 21 heavy (non-hydrogen) atoms. The number of benzene rings is 1. The van der Waals surface area contributed by atoms with Gasteiger partial charge in [-0.05, 0) is 55.5 Å². The molecule has 116 valence electrons. The third-order valence-corrected chi connectivity index (χ3v) is 5.15. The number of carbonyl (C=O) groups excluding carboxylic acids is 1. The maximum Gasteiger partial charge on any atom is 0.265 e. The minimum absolute atomic E-state index is 0.264. The molecule has 0 spiro atoms. The molecule has 1 fully saturated rings. The molecular formula is C16H24BrN3O. The van der Waals surface area contributed by atoms with E-state index in [1.807, 2.05) is 18.2 Å². The van der Waals surface area contributed by atoms with E-state index >= 15 is 0 Å². The maximum atomic E-state index is 11.5. The number of hydrazine groups is 1. The normalized spacial score (nSPS) is 17.2.